The topological polar surface area (TPSA) is 84.9 Å². The van der Waals surface area contributed by atoms with Gasteiger partial charge in [-0.3, -0.25) is 9.10 Å². The van der Waals surface area contributed by atoms with E-state index in [0.717, 1.165) is 24.8 Å². The molecule has 0 spiro atoms. The molecule has 31 heavy (non-hydrogen) atoms. The number of nitrogens with zero attached hydrogens (tertiary/aromatic N) is 1. The summed E-state index contributed by atoms with van der Waals surface area (Å²) in [7, 11) is -1.99. The summed E-state index contributed by atoms with van der Waals surface area (Å²) in [4.78, 5) is 12.1. The van der Waals surface area contributed by atoms with Crippen LogP contribution in [-0.4, -0.2) is 47.4 Å². The SMILES string of the molecule is CCOc1ccc(CCCNC(=O)CCCN(c2ccccc2OC)S(C)(=O)=O)cc1. The first kappa shape index (κ1) is 24.5. The molecule has 0 heterocycles. The molecule has 0 aliphatic carbocycles. The maximum absolute atomic E-state index is 12.2. The molecule has 0 saturated heterocycles. The van der Waals surface area contributed by atoms with Crippen LogP contribution in [0.5, 0.6) is 11.5 Å². The van der Waals surface area contributed by atoms with Crippen molar-refractivity contribution >= 4 is 21.6 Å². The van der Waals surface area contributed by atoms with Crippen molar-refractivity contribution in [3.05, 3.63) is 54.1 Å². The fourth-order valence-corrected chi connectivity index (χ4v) is 4.18. The fraction of sp³-hybridized carbons (Fsp3) is 0.435. The summed E-state index contributed by atoms with van der Waals surface area (Å²) in [5, 5.41) is 2.90. The zero-order chi connectivity index (χ0) is 22.7. The van der Waals surface area contributed by atoms with Crippen LogP contribution in [0.4, 0.5) is 5.69 Å². The van der Waals surface area contributed by atoms with Crippen molar-refractivity contribution in [3.8, 4) is 11.5 Å². The van der Waals surface area contributed by atoms with Crippen molar-refractivity contribution < 1.29 is 22.7 Å². The Morgan fingerprint density at radius 2 is 1.77 bits per heavy atom. The zero-order valence-corrected chi connectivity index (χ0v) is 19.3. The second kappa shape index (κ2) is 12.2. The largest absolute Gasteiger partial charge is 0.495 e. The molecule has 1 N–H and O–H groups in total. The number of methoxy groups -OCH3 is 1. The van der Waals surface area contributed by atoms with E-state index >= 15 is 0 Å². The number of hydrogen-bond acceptors (Lipinski definition) is 5. The van der Waals surface area contributed by atoms with Crippen molar-refractivity contribution in [2.45, 2.75) is 32.6 Å². The molecule has 2 aromatic rings. The minimum absolute atomic E-state index is 0.0832. The molecule has 0 aromatic heterocycles. The Kier molecular flexibility index (Phi) is 9.65. The summed E-state index contributed by atoms with van der Waals surface area (Å²) in [6.07, 6.45) is 3.51. The lowest BCUT2D eigenvalue weighted by molar-refractivity contribution is -0.121. The van der Waals surface area contributed by atoms with E-state index < -0.39 is 10.0 Å². The molecule has 8 heteroatoms. The van der Waals surface area contributed by atoms with Gasteiger partial charge in [-0.15, -0.1) is 0 Å². The van der Waals surface area contributed by atoms with Gasteiger partial charge in [0.05, 0.1) is 25.7 Å². The monoisotopic (exact) mass is 448 g/mol. The number of hydrogen-bond donors (Lipinski definition) is 1. The van der Waals surface area contributed by atoms with Crippen LogP contribution in [-0.2, 0) is 21.2 Å². The number of carbonyl (C=O) groups is 1. The number of amides is 1. The quantitative estimate of drug-likeness (QED) is 0.475. The molecule has 0 saturated carbocycles. The first-order valence-electron chi connectivity index (χ1n) is 10.4. The van der Waals surface area contributed by atoms with Gasteiger partial charge in [-0.1, -0.05) is 24.3 Å². The summed E-state index contributed by atoms with van der Waals surface area (Å²) >= 11 is 0. The maximum atomic E-state index is 12.2. The standard InChI is InChI=1S/C23H32N2O5S/c1-4-30-20-15-13-19(14-16-20)9-7-17-24-23(26)12-8-18-25(31(3,27)28)21-10-5-6-11-22(21)29-2/h5-6,10-11,13-16H,4,7-9,12,17-18H2,1-3H3,(H,24,26). The van der Waals surface area contributed by atoms with Crippen molar-refractivity contribution in [1.82, 2.24) is 5.32 Å². The molecule has 7 nitrogen and oxygen atoms in total. The summed E-state index contributed by atoms with van der Waals surface area (Å²) in [5.41, 5.74) is 1.67. The van der Waals surface area contributed by atoms with Crippen LogP contribution in [0.15, 0.2) is 48.5 Å². The van der Waals surface area contributed by atoms with Gasteiger partial charge >= 0.3 is 0 Å². The number of anilines is 1. The minimum Gasteiger partial charge on any atom is -0.495 e. The van der Waals surface area contributed by atoms with E-state index in [1.807, 2.05) is 31.2 Å². The lowest BCUT2D eigenvalue weighted by atomic mass is 10.1. The average molecular weight is 449 g/mol. The van der Waals surface area contributed by atoms with E-state index in [4.69, 9.17) is 9.47 Å². The third kappa shape index (κ3) is 8.13. The highest BCUT2D eigenvalue weighted by atomic mass is 32.2. The highest BCUT2D eigenvalue weighted by Crippen LogP contribution is 2.29. The zero-order valence-electron chi connectivity index (χ0n) is 18.5. The predicted molar refractivity (Wildman–Crippen MR) is 123 cm³/mol. The molecule has 1 amide bonds. The van der Waals surface area contributed by atoms with Crippen LogP contribution in [0.2, 0.25) is 0 Å². The molecule has 0 radical (unpaired) electrons. The van der Waals surface area contributed by atoms with Gasteiger partial charge in [-0.25, -0.2) is 8.42 Å². The van der Waals surface area contributed by atoms with Crippen molar-refractivity contribution in [1.29, 1.82) is 0 Å². The summed E-state index contributed by atoms with van der Waals surface area (Å²) < 4.78 is 36.5. The Hall–Kier alpha value is -2.74. The molecule has 170 valence electrons. The molecule has 2 rings (SSSR count). The van der Waals surface area contributed by atoms with E-state index in [1.54, 1.807) is 24.3 Å². The Balaban J connectivity index is 1.75. The average Bonchev–Trinajstić information content (AvgIpc) is 2.75. The Morgan fingerprint density at radius 1 is 1.06 bits per heavy atom. The van der Waals surface area contributed by atoms with Crippen molar-refractivity contribution in [2.75, 3.05) is 37.4 Å². The molecule has 0 bridgehead atoms. The number of sulfonamides is 1. The van der Waals surface area contributed by atoms with Crippen LogP contribution in [0, 0.1) is 0 Å². The van der Waals surface area contributed by atoms with Gasteiger partial charge in [0.2, 0.25) is 15.9 Å². The first-order valence-corrected chi connectivity index (χ1v) is 12.3. The van der Waals surface area contributed by atoms with E-state index in [-0.39, 0.29) is 18.9 Å². The van der Waals surface area contributed by atoms with Crippen LogP contribution in [0.1, 0.15) is 31.7 Å². The van der Waals surface area contributed by atoms with Gasteiger partial charge in [-0.05, 0) is 56.0 Å². The molecular formula is C23H32N2O5S. The number of carbonyl (C=O) groups excluding carboxylic acids is 1. The number of rotatable bonds is 13. The fourth-order valence-electron chi connectivity index (χ4n) is 3.21. The lowest BCUT2D eigenvalue weighted by Gasteiger charge is -2.24. The molecule has 0 fully saturated rings. The summed E-state index contributed by atoms with van der Waals surface area (Å²) in [5.74, 6) is 1.25. The highest BCUT2D eigenvalue weighted by molar-refractivity contribution is 7.92. The van der Waals surface area contributed by atoms with Gasteiger partial charge < -0.3 is 14.8 Å². The van der Waals surface area contributed by atoms with Crippen molar-refractivity contribution in [3.63, 3.8) is 0 Å². The van der Waals surface area contributed by atoms with Gasteiger partial charge in [0.15, 0.2) is 0 Å². The van der Waals surface area contributed by atoms with Crippen LogP contribution in [0.3, 0.4) is 0 Å². The second-order valence-corrected chi connectivity index (χ2v) is 9.05. The molecular weight excluding hydrogens is 416 g/mol. The van der Waals surface area contributed by atoms with Gasteiger partial charge in [0.1, 0.15) is 11.5 Å². The van der Waals surface area contributed by atoms with E-state index in [2.05, 4.69) is 5.32 Å². The van der Waals surface area contributed by atoms with E-state index in [0.29, 0.717) is 31.0 Å². The third-order valence-electron chi connectivity index (χ3n) is 4.72. The minimum atomic E-state index is -3.49. The third-order valence-corrected chi connectivity index (χ3v) is 5.90. The van der Waals surface area contributed by atoms with E-state index in [9.17, 15) is 13.2 Å². The number of nitrogens with one attached hydrogen (secondary N) is 1. The number of benzene rings is 2. The normalized spacial score (nSPS) is 11.1. The predicted octanol–water partition coefficient (Wildman–Crippen LogP) is 3.39. The molecule has 0 aliphatic rings. The summed E-state index contributed by atoms with van der Waals surface area (Å²) in [6, 6.07) is 14.9. The van der Waals surface area contributed by atoms with Gasteiger partial charge in [0.25, 0.3) is 0 Å². The smallest absolute Gasteiger partial charge is 0.232 e. The molecule has 0 atom stereocenters. The van der Waals surface area contributed by atoms with Gasteiger partial charge in [0, 0.05) is 19.5 Å². The number of ether oxygens (including phenoxy) is 2. The Morgan fingerprint density at radius 3 is 2.42 bits per heavy atom. The highest BCUT2D eigenvalue weighted by Gasteiger charge is 2.20. The number of aryl methyl sites for hydroxylation is 1. The van der Waals surface area contributed by atoms with Gasteiger partial charge in [-0.2, -0.15) is 0 Å². The lowest BCUT2D eigenvalue weighted by Crippen LogP contribution is -2.32. The molecule has 2 aromatic carbocycles. The van der Waals surface area contributed by atoms with Crippen LogP contribution < -0.4 is 19.1 Å². The maximum Gasteiger partial charge on any atom is 0.232 e. The molecule has 0 aliphatic heterocycles. The second-order valence-electron chi connectivity index (χ2n) is 7.14. The molecule has 0 unspecified atom stereocenters. The van der Waals surface area contributed by atoms with E-state index in [1.165, 1.54) is 17.0 Å². The van der Waals surface area contributed by atoms with Crippen molar-refractivity contribution in [2.24, 2.45) is 0 Å². The Bertz CT molecular complexity index is 929. The Labute approximate surface area is 185 Å². The summed E-state index contributed by atoms with van der Waals surface area (Å²) in [6.45, 7) is 3.38. The first-order chi connectivity index (χ1) is 14.8. The van der Waals surface area contributed by atoms with Crippen LogP contribution in [0.25, 0.3) is 0 Å². The number of para-hydroxylation sites is 2. The van der Waals surface area contributed by atoms with Crippen LogP contribution >= 0.6 is 0 Å².